The van der Waals surface area contributed by atoms with E-state index in [4.69, 9.17) is 0 Å². The summed E-state index contributed by atoms with van der Waals surface area (Å²) in [6, 6.07) is 5.95. The van der Waals surface area contributed by atoms with Crippen molar-refractivity contribution in [2.75, 3.05) is 39.8 Å². The molecule has 0 radical (unpaired) electrons. The first-order valence-corrected chi connectivity index (χ1v) is 8.28. The number of hydrogen-bond acceptors (Lipinski definition) is 4. The number of amides is 2. The van der Waals surface area contributed by atoms with Gasteiger partial charge in [-0.25, -0.2) is 0 Å². The Morgan fingerprint density at radius 2 is 2.00 bits per heavy atom. The molecule has 6 heteroatoms. The first-order chi connectivity index (χ1) is 11.1. The molecule has 124 valence electrons. The third-order valence-electron chi connectivity index (χ3n) is 4.80. The van der Waals surface area contributed by atoms with E-state index in [1.807, 2.05) is 29.3 Å². The van der Waals surface area contributed by atoms with Crippen LogP contribution < -0.4 is 0 Å². The number of nitrogens with zero attached hydrogens (tertiary/aromatic N) is 4. The molecule has 1 atom stereocenters. The predicted molar refractivity (Wildman–Crippen MR) is 86.5 cm³/mol. The average Bonchev–Trinajstić information content (AvgIpc) is 2.58. The minimum Gasteiger partial charge on any atom is -0.346 e. The summed E-state index contributed by atoms with van der Waals surface area (Å²) >= 11 is 0. The number of hydrogen-bond donors (Lipinski definition) is 0. The van der Waals surface area contributed by atoms with Gasteiger partial charge in [-0.05, 0) is 18.6 Å². The molecule has 0 aromatic carbocycles. The highest BCUT2D eigenvalue weighted by molar-refractivity contribution is 5.87. The molecule has 2 aliphatic heterocycles. The second kappa shape index (κ2) is 7.08. The van der Waals surface area contributed by atoms with Gasteiger partial charge < -0.3 is 9.80 Å². The fraction of sp³-hybridized carbons (Fsp3) is 0.588. The molecule has 2 aliphatic rings. The quantitative estimate of drug-likeness (QED) is 0.819. The Morgan fingerprint density at radius 3 is 2.65 bits per heavy atom. The van der Waals surface area contributed by atoms with Gasteiger partial charge in [0, 0.05) is 64.9 Å². The van der Waals surface area contributed by atoms with Crippen molar-refractivity contribution in [3.63, 3.8) is 0 Å². The van der Waals surface area contributed by atoms with Gasteiger partial charge in [0.15, 0.2) is 0 Å². The second-order valence-corrected chi connectivity index (χ2v) is 6.43. The van der Waals surface area contributed by atoms with Crippen molar-refractivity contribution >= 4 is 11.8 Å². The van der Waals surface area contributed by atoms with E-state index >= 15 is 0 Å². The summed E-state index contributed by atoms with van der Waals surface area (Å²) in [4.78, 5) is 34.7. The van der Waals surface area contributed by atoms with Crippen molar-refractivity contribution in [2.45, 2.75) is 19.4 Å². The van der Waals surface area contributed by atoms with E-state index in [9.17, 15) is 9.59 Å². The lowest BCUT2D eigenvalue weighted by Crippen LogP contribution is -2.51. The third kappa shape index (κ3) is 3.88. The maximum Gasteiger partial charge on any atom is 0.226 e. The van der Waals surface area contributed by atoms with Crippen LogP contribution in [0, 0.1) is 5.92 Å². The Hall–Kier alpha value is -1.95. The molecule has 1 aromatic rings. The zero-order chi connectivity index (χ0) is 16.2. The van der Waals surface area contributed by atoms with Crippen molar-refractivity contribution in [1.82, 2.24) is 19.7 Å². The highest BCUT2D eigenvalue weighted by Crippen LogP contribution is 2.20. The summed E-state index contributed by atoms with van der Waals surface area (Å²) in [6.45, 7) is 4.73. The van der Waals surface area contributed by atoms with Crippen LogP contribution in [0.1, 0.15) is 18.5 Å². The number of piperazine rings is 1. The number of rotatable bonds is 3. The maximum absolute atomic E-state index is 12.6. The van der Waals surface area contributed by atoms with E-state index in [2.05, 4.69) is 9.88 Å². The molecule has 0 saturated carbocycles. The van der Waals surface area contributed by atoms with Crippen molar-refractivity contribution in [1.29, 1.82) is 0 Å². The predicted octanol–water partition coefficient (Wildman–Crippen LogP) is 0.594. The van der Waals surface area contributed by atoms with Crippen molar-refractivity contribution < 1.29 is 9.59 Å². The normalized spacial score (nSPS) is 23.2. The Labute approximate surface area is 137 Å². The van der Waals surface area contributed by atoms with Gasteiger partial charge in [0.25, 0.3) is 0 Å². The summed E-state index contributed by atoms with van der Waals surface area (Å²) in [7, 11) is 1.80. The minimum atomic E-state index is -0.124. The highest BCUT2D eigenvalue weighted by Gasteiger charge is 2.32. The van der Waals surface area contributed by atoms with Crippen LogP contribution in [-0.2, 0) is 16.1 Å². The first kappa shape index (κ1) is 15.9. The van der Waals surface area contributed by atoms with Crippen LogP contribution in [-0.4, -0.2) is 71.3 Å². The molecule has 2 amide bonds. The van der Waals surface area contributed by atoms with E-state index < -0.39 is 0 Å². The molecule has 3 heterocycles. The van der Waals surface area contributed by atoms with Crippen LogP contribution in [0.5, 0.6) is 0 Å². The zero-order valence-electron chi connectivity index (χ0n) is 13.6. The van der Waals surface area contributed by atoms with Crippen LogP contribution >= 0.6 is 0 Å². The number of pyridine rings is 1. The highest BCUT2D eigenvalue weighted by atomic mass is 16.2. The molecular weight excluding hydrogens is 292 g/mol. The van der Waals surface area contributed by atoms with Gasteiger partial charge in [0.2, 0.25) is 11.8 Å². The van der Waals surface area contributed by atoms with Crippen molar-refractivity contribution in [2.24, 2.45) is 5.92 Å². The van der Waals surface area contributed by atoms with E-state index in [1.54, 1.807) is 11.9 Å². The fourth-order valence-electron chi connectivity index (χ4n) is 3.26. The maximum atomic E-state index is 12.6. The number of likely N-dealkylation sites (tertiary alicyclic amines) is 1. The molecule has 1 unspecified atom stereocenters. The molecule has 0 aliphatic carbocycles. The standard InChI is InChI=1S/C17H24N4O2/c1-19-7-5-14(12-16(19)22)17(23)21-10-8-20(9-11-21)13-15-4-2-3-6-18-15/h2-4,6,14H,5,7-13H2,1H3. The van der Waals surface area contributed by atoms with E-state index in [0.29, 0.717) is 13.0 Å². The molecule has 0 N–H and O–H groups in total. The lowest BCUT2D eigenvalue weighted by Gasteiger charge is -2.37. The van der Waals surface area contributed by atoms with Gasteiger partial charge in [0.05, 0.1) is 5.69 Å². The minimum absolute atomic E-state index is 0.0865. The average molecular weight is 316 g/mol. The topological polar surface area (TPSA) is 56.8 Å². The largest absolute Gasteiger partial charge is 0.346 e. The van der Waals surface area contributed by atoms with Crippen LogP contribution in [0.25, 0.3) is 0 Å². The molecule has 0 spiro atoms. The zero-order valence-corrected chi connectivity index (χ0v) is 13.6. The SMILES string of the molecule is CN1CCC(C(=O)N2CCN(Cc3ccccn3)CC2)CC1=O. The Balaban J connectivity index is 1.49. The molecule has 6 nitrogen and oxygen atoms in total. The van der Waals surface area contributed by atoms with Crippen molar-refractivity contribution in [3.8, 4) is 0 Å². The van der Waals surface area contributed by atoms with Gasteiger partial charge in [-0.15, -0.1) is 0 Å². The van der Waals surface area contributed by atoms with Crippen LogP contribution in [0.3, 0.4) is 0 Å². The monoisotopic (exact) mass is 316 g/mol. The van der Waals surface area contributed by atoms with Crippen LogP contribution in [0.4, 0.5) is 0 Å². The lowest BCUT2D eigenvalue weighted by atomic mass is 9.94. The molecule has 23 heavy (non-hydrogen) atoms. The Bertz CT molecular complexity index is 555. The molecule has 1 aromatic heterocycles. The van der Waals surface area contributed by atoms with E-state index in [-0.39, 0.29) is 17.7 Å². The smallest absolute Gasteiger partial charge is 0.226 e. The number of carbonyl (C=O) groups is 2. The lowest BCUT2D eigenvalue weighted by molar-refractivity contribution is -0.145. The van der Waals surface area contributed by atoms with Gasteiger partial charge >= 0.3 is 0 Å². The van der Waals surface area contributed by atoms with Crippen LogP contribution in [0.15, 0.2) is 24.4 Å². The van der Waals surface area contributed by atoms with Crippen molar-refractivity contribution in [3.05, 3.63) is 30.1 Å². The van der Waals surface area contributed by atoms with Gasteiger partial charge in [-0.2, -0.15) is 0 Å². The summed E-state index contributed by atoms with van der Waals surface area (Å²) in [5, 5.41) is 0. The Morgan fingerprint density at radius 1 is 1.22 bits per heavy atom. The van der Waals surface area contributed by atoms with Gasteiger partial charge in [0.1, 0.15) is 0 Å². The van der Waals surface area contributed by atoms with E-state index in [1.165, 1.54) is 0 Å². The number of piperidine rings is 1. The second-order valence-electron chi connectivity index (χ2n) is 6.43. The van der Waals surface area contributed by atoms with Crippen LogP contribution in [0.2, 0.25) is 0 Å². The summed E-state index contributed by atoms with van der Waals surface area (Å²) in [5.74, 6) is 0.119. The first-order valence-electron chi connectivity index (χ1n) is 8.28. The molecule has 2 saturated heterocycles. The Kier molecular flexibility index (Phi) is 4.91. The van der Waals surface area contributed by atoms with Gasteiger partial charge in [-0.3, -0.25) is 19.5 Å². The number of aromatic nitrogens is 1. The summed E-state index contributed by atoms with van der Waals surface area (Å²) < 4.78 is 0. The molecule has 3 rings (SSSR count). The molecule has 2 fully saturated rings. The van der Waals surface area contributed by atoms with Gasteiger partial charge in [-0.1, -0.05) is 6.07 Å². The van der Waals surface area contributed by atoms with E-state index in [0.717, 1.165) is 44.8 Å². The summed E-state index contributed by atoms with van der Waals surface area (Å²) in [6.07, 6.45) is 2.96. The number of carbonyl (C=O) groups excluding carboxylic acids is 2. The summed E-state index contributed by atoms with van der Waals surface area (Å²) in [5.41, 5.74) is 1.06. The fourth-order valence-corrected chi connectivity index (χ4v) is 3.26. The molecular formula is C17H24N4O2. The molecule has 0 bridgehead atoms. The third-order valence-corrected chi connectivity index (χ3v) is 4.80.